The normalized spacial score (nSPS) is 13.3. The van der Waals surface area contributed by atoms with Gasteiger partial charge in [-0.3, -0.25) is 14.9 Å². The number of carboxylic acid groups (broad SMARTS) is 2. The van der Waals surface area contributed by atoms with Crippen molar-refractivity contribution < 1.29 is 19.8 Å². The Balaban J connectivity index is 2.10. The molecule has 5 nitrogen and oxygen atoms in total. The zero-order chi connectivity index (χ0) is 19.8. The minimum absolute atomic E-state index is 0.155. The minimum atomic E-state index is -1.04. The van der Waals surface area contributed by atoms with E-state index in [0.717, 1.165) is 17.5 Å². The molecule has 0 aliphatic carbocycles. The van der Waals surface area contributed by atoms with Gasteiger partial charge < -0.3 is 10.2 Å². The highest BCUT2D eigenvalue weighted by Gasteiger charge is 2.26. The lowest BCUT2D eigenvalue weighted by Gasteiger charge is -2.22. The summed E-state index contributed by atoms with van der Waals surface area (Å²) in [7, 11) is 0. The van der Waals surface area contributed by atoms with Gasteiger partial charge in [0.1, 0.15) is 12.1 Å². The van der Waals surface area contributed by atoms with Gasteiger partial charge >= 0.3 is 11.9 Å². The third-order valence-electron chi connectivity index (χ3n) is 4.39. The molecule has 0 aromatic heterocycles. The zero-order valence-corrected chi connectivity index (χ0v) is 15.8. The molecule has 3 N–H and O–H groups in total. The van der Waals surface area contributed by atoms with E-state index in [2.05, 4.69) is 17.4 Å². The van der Waals surface area contributed by atoms with Crippen molar-refractivity contribution in [2.24, 2.45) is 5.92 Å². The molecular formula is C22H27NO4. The molecule has 2 aromatic carbocycles. The first-order chi connectivity index (χ1) is 12.8. The quantitative estimate of drug-likeness (QED) is 0.598. The topological polar surface area (TPSA) is 86.6 Å². The average molecular weight is 369 g/mol. The lowest BCUT2D eigenvalue weighted by atomic mass is 9.98. The summed E-state index contributed by atoms with van der Waals surface area (Å²) in [6.45, 7) is 3.83. The number of benzene rings is 2. The fraction of sp³-hybridized carbons (Fsp3) is 0.364. The van der Waals surface area contributed by atoms with Crippen molar-refractivity contribution in [3.8, 4) is 0 Å². The first-order valence-electron chi connectivity index (χ1n) is 9.18. The second-order valence-electron chi connectivity index (χ2n) is 7.26. The molecule has 0 fully saturated rings. The molecule has 0 amide bonds. The van der Waals surface area contributed by atoms with Gasteiger partial charge in [0.15, 0.2) is 0 Å². The molecule has 0 spiro atoms. The van der Waals surface area contributed by atoms with Gasteiger partial charge in [-0.05, 0) is 41.9 Å². The van der Waals surface area contributed by atoms with Crippen LogP contribution in [0.25, 0.3) is 0 Å². The SMILES string of the molecule is CC(C)C[C@H](N[C@@H](Cc1cccc(Cc2ccccc2)c1)C(=O)O)C(=O)O. The van der Waals surface area contributed by atoms with Gasteiger partial charge in [-0.15, -0.1) is 0 Å². The molecular weight excluding hydrogens is 342 g/mol. The summed E-state index contributed by atoms with van der Waals surface area (Å²) < 4.78 is 0. The summed E-state index contributed by atoms with van der Waals surface area (Å²) in [5, 5.41) is 21.7. The molecule has 27 heavy (non-hydrogen) atoms. The fourth-order valence-corrected chi connectivity index (χ4v) is 3.11. The Morgan fingerprint density at radius 1 is 0.852 bits per heavy atom. The van der Waals surface area contributed by atoms with Gasteiger partial charge in [-0.25, -0.2) is 0 Å². The molecule has 0 aliphatic rings. The third kappa shape index (κ3) is 6.87. The Labute approximate surface area is 160 Å². The van der Waals surface area contributed by atoms with Crippen LogP contribution in [0, 0.1) is 5.92 Å². The molecule has 0 radical (unpaired) electrons. The number of rotatable bonds is 10. The van der Waals surface area contributed by atoms with Crippen molar-refractivity contribution in [2.75, 3.05) is 0 Å². The highest BCUT2D eigenvalue weighted by Crippen LogP contribution is 2.14. The largest absolute Gasteiger partial charge is 0.480 e. The van der Waals surface area contributed by atoms with Gasteiger partial charge in [0, 0.05) is 0 Å². The van der Waals surface area contributed by atoms with E-state index < -0.39 is 24.0 Å². The van der Waals surface area contributed by atoms with E-state index in [1.54, 1.807) is 0 Å². The Morgan fingerprint density at radius 2 is 1.44 bits per heavy atom. The van der Waals surface area contributed by atoms with Gasteiger partial charge in [-0.2, -0.15) is 0 Å². The summed E-state index contributed by atoms with van der Waals surface area (Å²) in [5.74, 6) is -1.91. The van der Waals surface area contributed by atoms with E-state index in [1.807, 2.05) is 56.3 Å². The zero-order valence-electron chi connectivity index (χ0n) is 15.8. The first-order valence-corrected chi connectivity index (χ1v) is 9.18. The molecule has 0 saturated heterocycles. The van der Waals surface area contributed by atoms with Crippen LogP contribution in [-0.4, -0.2) is 34.2 Å². The van der Waals surface area contributed by atoms with E-state index >= 15 is 0 Å². The maximum Gasteiger partial charge on any atom is 0.321 e. The second-order valence-corrected chi connectivity index (χ2v) is 7.26. The number of hydrogen-bond donors (Lipinski definition) is 3. The molecule has 0 aliphatic heterocycles. The monoisotopic (exact) mass is 369 g/mol. The Morgan fingerprint density at radius 3 is 2.04 bits per heavy atom. The van der Waals surface area contributed by atoms with Crippen molar-refractivity contribution in [1.29, 1.82) is 0 Å². The van der Waals surface area contributed by atoms with Crippen LogP contribution >= 0.6 is 0 Å². The summed E-state index contributed by atoms with van der Waals surface area (Å²) in [6, 6.07) is 16.0. The maximum absolute atomic E-state index is 11.7. The van der Waals surface area contributed by atoms with Gasteiger partial charge in [0.25, 0.3) is 0 Å². The fourth-order valence-electron chi connectivity index (χ4n) is 3.11. The summed E-state index contributed by atoms with van der Waals surface area (Å²) in [6.07, 6.45) is 1.39. The molecule has 2 atom stereocenters. The Hall–Kier alpha value is -2.66. The van der Waals surface area contributed by atoms with Gasteiger partial charge in [0.05, 0.1) is 0 Å². The van der Waals surface area contributed by atoms with E-state index in [-0.39, 0.29) is 12.3 Å². The van der Waals surface area contributed by atoms with Crippen LogP contribution in [-0.2, 0) is 22.4 Å². The number of carbonyl (C=O) groups is 2. The van der Waals surface area contributed by atoms with Crippen molar-refractivity contribution >= 4 is 11.9 Å². The van der Waals surface area contributed by atoms with Crippen LogP contribution < -0.4 is 5.32 Å². The Kier molecular flexibility index (Phi) is 7.55. The second kappa shape index (κ2) is 9.88. The van der Waals surface area contributed by atoms with Crippen molar-refractivity contribution in [1.82, 2.24) is 5.32 Å². The number of nitrogens with one attached hydrogen (secondary N) is 1. The van der Waals surface area contributed by atoms with Crippen LogP contribution in [0.1, 0.15) is 37.0 Å². The molecule has 0 saturated carbocycles. The summed E-state index contributed by atoms with van der Waals surface area (Å²) >= 11 is 0. The predicted octanol–water partition coefficient (Wildman–Crippen LogP) is 3.36. The van der Waals surface area contributed by atoms with E-state index in [9.17, 15) is 19.8 Å². The molecule has 0 heterocycles. The first kappa shape index (κ1) is 20.6. The number of aliphatic carboxylic acids is 2. The van der Waals surface area contributed by atoms with Crippen LogP contribution in [0.4, 0.5) is 0 Å². The maximum atomic E-state index is 11.7. The molecule has 0 unspecified atom stereocenters. The highest BCUT2D eigenvalue weighted by atomic mass is 16.4. The van der Waals surface area contributed by atoms with E-state index in [0.29, 0.717) is 6.42 Å². The molecule has 2 rings (SSSR count). The van der Waals surface area contributed by atoms with Crippen LogP contribution in [0.2, 0.25) is 0 Å². The predicted molar refractivity (Wildman–Crippen MR) is 105 cm³/mol. The summed E-state index contributed by atoms with van der Waals surface area (Å²) in [5.41, 5.74) is 3.15. The third-order valence-corrected chi connectivity index (χ3v) is 4.39. The Bertz CT molecular complexity index is 758. The number of carboxylic acids is 2. The highest BCUT2D eigenvalue weighted by molar-refractivity contribution is 5.77. The minimum Gasteiger partial charge on any atom is -0.480 e. The van der Waals surface area contributed by atoms with Gasteiger partial charge in [0.2, 0.25) is 0 Å². The lowest BCUT2D eigenvalue weighted by Crippen LogP contribution is -2.48. The van der Waals surface area contributed by atoms with Crippen LogP contribution in [0.15, 0.2) is 54.6 Å². The van der Waals surface area contributed by atoms with Crippen molar-refractivity contribution in [3.63, 3.8) is 0 Å². The smallest absolute Gasteiger partial charge is 0.321 e. The van der Waals surface area contributed by atoms with Crippen molar-refractivity contribution in [3.05, 3.63) is 71.3 Å². The molecule has 0 bridgehead atoms. The van der Waals surface area contributed by atoms with Crippen molar-refractivity contribution in [2.45, 2.75) is 45.2 Å². The average Bonchev–Trinajstić information content (AvgIpc) is 2.61. The molecule has 2 aromatic rings. The number of hydrogen-bond acceptors (Lipinski definition) is 3. The standard InChI is InChI=1S/C22H27NO4/c1-15(2)11-19(21(24)25)23-20(22(26)27)14-18-10-6-9-17(13-18)12-16-7-4-3-5-8-16/h3-10,13,15,19-20,23H,11-12,14H2,1-2H3,(H,24,25)(H,26,27)/t19-,20-/m0/s1. The van der Waals surface area contributed by atoms with Gasteiger partial charge in [-0.1, -0.05) is 68.4 Å². The van der Waals surface area contributed by atoms with E-state index in [4.69, 9.17) is 0 Å². The lowest BCUT2D eigenvalue weighted by molar-refractivity contribution is -0.142. The summed E-state index contributed by atoms with van der Waals surface area (Å²) in [4.78, 5) is 23.1. The van der Waals surface area contributed by atoms with E-state index in [1.165, 1.54) is 5.56 Å². The van der Waals surface area contributed by atoms with Crippen LogP contribution in [0.5, 0.6) is 0 Å². The molecule has 144 valence electrons. The van der Waals surface area contributed by atoms with Crippen LogP contribution in [0.3, 0.4) is 0 Å². The molecule has 5 heteroatoms.